The summed E-state index contributed by atoms with van der Waals surface area (Å²) in [7, 11) is 0. The van der Waals surface area contributed by atoms with E-state index in [2.05, 4.69) is 115 Å². The van der Waals surface area contributed by atoms with Gasteiger partial charge in [0.25, 0.3) is 0 Å². The molecule has 101 heavy (non-hydrogen) atoms. The molecule has 0 radical (unpaired) electrons. The molecular formula is C90H183N9S2. The fourth-order valence-corrected chi connectivity index (χ4v) is 5.32. The predicted molar refractivity (Wildman–Crippen MR) is 488 cm³/mol. The fourth-order valence-electron chi connectivity index (χ4n) is 3.86. The van der Waals surface area contributed by atoms with Crippen LogP contribution in [0.5, 0.6) is 0 Å². The maximum Gasteiger partial charge on any atom is 0.125 e. The monoisotopic (exact) mass is 1450 g/mol. The summed E-state index contributed by atoms with van der Waals surface area (Å²) in [4.78, 5) is 37.5. The zero-order chi connectivity index (χ0) is 78.3. The second kappa shape index (κ2) is 175. The van der Waals surface area contributed by atoms with Crippen LogP contribution in [0.3, 0.4) is 0 Å². The zero-order valence-corrected chi connectivity index (χ0v) is 72.3. The Morgan fingerprint density at radius 3 is 0.683 bits per heavy atom. The molecule has 0 amide bonds. The lowest BCUT2D eigenvalue weighted by atomic mass is 10.2. The van der Waals surface area contributed by atoms with Crippen LogP contribution in [0.2, 0.25) is 0 Å². The van der Waals surface area contributed by atoms with Crippen molar-refractivity contribution in [3.63, 3.8) is 0 Å². The van der Waals surface area contributed by atoms with Crippen LogP contribution in [-0.4, -0.2) is 44.9 Å². The molecule has 0 aliphatic heterocycles. The summed E-state index contributed by atoms with van der Waals surface area (Å²) in [5, 5.41) is 4.23. The Bertz CT molecular complexity index is 1900. The van der Waals surface area contributed by atoms with E-state index in [1.807, 2.05) is 336 Å². The molecule has 0 atom stereocenters. The molecule has 9 rings (SSSR count). The standard InChI is InChI=1S/C7H8.3C6H7N.2C6H8S.3C5H6N2.16C2H6.6CH4/c1-7-5-3-2-4-6-7;1-6-2-4-7-5-3-6;1-6-3-2-4-7-5-6;1-6-4-2-3-5-7-6;2*1-5-3-4-7-6(5)2;1-5-2-6-4-7-3-5;1-5-2-3-6-4-7-5;1-5-6-3-2-4-7-5;16*1-2;;;;;;/h2-6H,1H3;3*2-5H,1H3;2*3-4H,1-2H3;3*2-4H,1H3;16*1-2H3;6*1H4. The van der Waals surface area contributed by atoms with E-state index in [9.17, 15) is 0 Å². The minimum Gasteiger partial charge on any atom is -0.265 e. The van der Waals surface area contributed by atoms with Gasteiger partial charge in [0.05, 0.1) is 0 Å². The second-order valence-corrected chi connectivity index (χ2v) is 15.8. The number of thiophene rings is 2. The average Bonchev–Trinajstić information content (AvgIpc) is 1.88. The molecule has 0 saturated carbocycles. The minimum absolute atomic E-state index is 0. The number of hydrogen-bond donors (Lipinski definition) is 0. The van der Waals surface area contributed by atoms with Gasteiger partial charge >= 0.3 is 0 Å². The molecule has 0 spiro atoms. The van der Waals surface area contributed by atoms with Gasteiger partial charge in [0, 0.05) is 83.1 Å². The number of nitrogens with zero attached hydrogens (tertiary/aromatic N) is 9. The fraction of sp³-hybridized carbons (Fsp3) is 0.544. The zero-order valence-electron chi connectivity index (χ0n) is 70.7. The van der Waals surface area contributed by atoms with E-state index in [-0.39, 0.29) is 44.6 Å². The Morgan fingerprint density at radius 2 is 0.535 bits per heavy atom. The van der Waals surface area contributed by atoms with Gasteiger partial charge in [-0.3, -0.25) is 15.0 Å². The van der Waals surface area contributed by atoms with Gasteiger partial charge in [-0.05, 0) is 169 Å². The lowest BCUT2D eigenvalue weighted by Crippen LogP contribution is -1.80. The highest BCUT2D eigenvalue weighted by atomic mass is 32.1. The number of benzene rings is 1. The largest absolute Gasteiger partial charge is 0.265 e. The van der Waals surface area contributed by atoms with Crippen molar-refractivity contribution in [3.05, 3.63) is 243 Å². The molecule has 0 saturated heterocycles. The quantitative estimate of drug-likeness (QED) is 0.146. The van der Waals surface area contributed by atoms with Gasteiger partial charge < -0.3 is 0 Å². The first-order valence-corrected chi connectivity index (χ1v) is 37.9. The normalized spacial score (nSPS) is 6.49. The first-order valence-electron chi connectivity index (χ1n) is 36.2. The maximum absolute atomic E-state index is 3.98. The lowest BCUT2D eigenvalue weighted by molar-refractivity contribution is 1.05. The van der Waals surface area contributed by atoms with Crippen LogP contribution in [-0.2, 0) is 0 Å². The van der Waals surface area contributed by atoms with Crippen LogP contribution in [0, 0.1) is 76.2 Å². The van der Waals surface area contributed by atoms with Gasteiger partial charge in [0.2, 0.25) is 0 Å². The highest BCUT2D eigenvalue weighted by molar-refractivity contribution is 7.10. The number of rotatable bonds is 0. The molecule has 9 aromatic rings. The van der Waals surface area contributed by atoms with E-state index in [4.69, 9.17) is 0 Å². The predicted octanol–water partition coefficient (Wildman–Crippen LogP) is 33.5. The highest BCUT2D eigenvalue weighted by Crippen LogP contribution is 2.13. The van der Waals surface area contributed by atoms with E-state index in [1.165, 1.54) is 50.2 Å². The summed E-state index contributed by atoms with van der Waals surface area (Å²) < 4.78 is 0. The molecule has 1 aromatic carbocycles. The summed E-state index contributed by atoms with van der Waals surface area (Å²) in [6.45, 7) is 86.4. The van der Waals surface area contributed by atoms with Crippen LogP contribution in [0.4, 0.5) is 0 Å². The minimum atomic E-state index is 0. The molecule has 0 aliphatic rings. The van der Waals surface area contributed by atoms with Crippen LogP contribution >= 0.6 is 22.7 Å². The summed E-state index contributed by atoms with van der Waals surface area (Å²) in [5.41, 5.74) is 9.79. The van der Waals surface area contributed by atoms with Gasteiger partial charge in [0.15, 0.2) is 0 Å². The Morgan fingerprint density at radius 1 is 0.218 bits per heavy atom. The summed E-state index contributed by atoms with van der Waals surface area (Å²) >= 11 is 3.61. The number of pyridine rings is 3. The van der Waals surface area contributed by atoms with Crippen molar-refractivity contribution in [2.75, 3.05) is 0 Å². The highest BCUT2D eigenvalue weighted by Gasteiger charge is 1.88. The number of hydrogen-bond acceptors (Lipinski definition) is 11. The Hall–Kier alpha value is -6.69. The average molecular weight is 1460 g/mol. The molecule has 8 heterocycles. The Kier molecular flexibility index (Phi) is 273. The summed E-state index contributed by atoms with van der Waals surface area (Å²) in [6, 6.07) is 31.9. The van der Waals surface area contributed by atoms with Gasteiger partial charge in [0.1, 0.15) is 18.5 Å². The second-order valence-electron chi connectivity index (χ2n) is 13.6. The van der Waals surface area contributed by atoms with E-state index < -0.39 is 0 Å². The third-order valence-corrected chi connectivity index (χ3v) is 9.66. The molecular weight excluding hydrogens is 1270 g/mol. The Balaban J connectivity index is -0.0000000329. The summed E-state index contributed by atoms with van der Waals surface area (Å²) in [6.07, 6.45) is 20.7. The van der Waals surface area contributed by atoms with E-state index in [1.54, 1.807) is 84.5 Å². The van der Waals surface area contributed by atoms with Crippen LogP contribution in [0.15, 0.2) is 182 Å². The van der Waals surface area contributed by atoms with Crippen LogP contribution < -0.4 is 0 Å². The third kappa shape index (κ3) is 162. The van der Waals surface area contributed by atoms with Crippen molar-refractivity contribution in [1.29, 1.82) is 0 Å². The van der Waals surface area contributed by atoms with Gasteiger partial charge in [-0.15, -0.1) is 22.7 Å². The first-order chi connectivity index (χ1) is 46.4. The molecule has 0 unspecified atom stereocenters. The molecule has 0 fully saturated rings. The lowest BCUT2D eigenvalue weighted by Gasteiger charge is -1.82. The molecule has 8 aromatic heterocycles. The van der Waals surface area contributed by atoms with Crippen LogP contribution in [0.1, 0.15) is 326 Å². The van der Waals surface area contributed by atoms with Crippen molar-refractivity contribution in [2.24, 2.45) is 0 Å². The third-order valence-electron chi connectivity index (χ3n) is 7.76. The number of aromatic nitrogens is 9. The molecule has 0 aliphatic carbocycles. The molecule has 9 nitrogen and oxygen atoms in total. The van der Waals surface area contributed by atoms with E-state index >= 15 is 0 Å². The SMILES string of the molecule is C.C.C.C.C.C.CC.CC.CC.CC.CC.CC.CC.CC.CC.CC.CC.CC.CC.CC.CC.CC.Cc1ccccc1.Cc1ccccn1.Cc1cccnc1.Cc1ccncc1.Cc1ccncn1.Cc1ccsc1C.Cc1ccsc1C.Cc1cncnc1.Cc1ncccn1. The first kappa shape index (κ1) is 157. The van der Waals surface area contributed by atoms with E-state index in [0.717, 1.165) is 22.8 Å². The topological polar surface area (TPSA) is 116 Å². The van der Waals surface area contributed by atoms with Crippen molar-refractivity contribution in [1.82, 2.24) is 44.9 Å². The van der Waals surface area contributed by atoms with Crippen molar-refractivity contribution in [3.8, 4) is 0 Å². The Labute approximate surface area is 648 Å². The summed E-state index contributed by atoms with van der Waals surface area (Å²) in [5.74, 6) is 0.822. The van der Waals surface area contributed by atoms with Gasteiger partial charge in [-0.25, -0.2) is 29.9 Å². The van der Waals surface area contributed by atoms with Crippen molar-refractivity contribution >= 4 is 22.7 Å². The molecule has 600 valence electrons. The molecule has 0 bridgehead atoms. The smallest absolute Gasteiger partial charge is 0.125 e. The van der Waals surface area contributed by atoms with E-state index in [0.29, 0.717) is 0 Å². The maximum atomic E-state index is 3.98. The van der Waals surface area contributed by atoms with Crippen molar-refractivity contribution < 1.29 is 0 Å². The molecule has 0 N–H and O–H groups in total. The van der Waals surface area contributed by atoms with Crippen molar-refractivity contribution in [2.45, 2.75) is 342 Å². The molecule has 11 heteroatoms. The van der Waals surface area contributed by atoms with Gasteiger partial charge in [-0.2, -0.15) is 0 Å². The van der Waals surface area contributed by atoms with Crippen LogP contribution in [0.25, 0.3) is 0 Å². The number of aryl methyl sites for hydroxylation is 11. The van der Waals surface area contributed by atoms with Gasteiger partial charge in [-0.1, -0.05) is 314 Å².